The van der Waals surface area contributed by atoms with Gasteiger partial charge in [0.05, 0.1) is 11.0 Å². The molecular formula is C31H24N4. The maximum Gasteiger partial charge on any atom is 0.0606 e. The van der Waals surface area contributed by atoms with Gasteiger partial charge in [-0.1, -0.05) is 66.7 Å². The van der Waals surface area contributed by atoms with E-state index < -0.39 is 0 Å². The summed E-state index contributed by atoms with van der Waals surface area (Å²) in [6.07, 6.45) is 0. The summed E-state index contributed by atoms with van der Waals surface area (Å²) in [7, 11) is 0. The summed E-state index contributed by atoms with van der Waals surface area (Å²) in [6, 6.07) is 38.3. The van der Waals surface area contributed by atoms with Gasteiger partial charge in [-0.05, 0) is 42.5 Å². The molecular weight excluding hydrogens is 428 g/mol. The van der Waals surface area contributed by atoms with Crippen LogP contribution in [0.15, 0.2) is 109 Å². The van der Waals surface area contributed by atoms with Crippen molar-refractivity contribution in [2.24, 2.45) is 5.73 Å². The number of para-hydroxylation sites is 3. The van der Waals surface area contributed by atoms with Crippen LogP contribution < -0.4 is 11.1 Å². The molecule has 7 rings (SSSR count). The molecule has 4 heteroatoms. The maximum atomic E-state index is 6.42. The van der Waals surface area contributed by atoms with Crippen LogP contribution in [0.2, 0.25) is 0 Å². The summed E-state index contributed by atoms with van der Waals surface area (Å²) in [5.41, 5.74) is 15.3. The molecule has 0 unspecified atom stereocenters. The highest BCUT2D eigenvalue weighted by Gasteiger charge is 2.17. The first kappa shape index (κ1) is 19.9. The number of hydrogen-bond acceptors (Lipinski definition) is 2. The van der Waals surface area contributed by atoms with Gasteiger partial charge in [0.25, 0.3) is 0 Å². The second-order valence-corrected chi connectivity index (χ2v) is 8.94. The van der Waals surface area contributed by atoms with E-state index in [1.54, 1.807) is 0 Å². The summed E-state index contributed by atoms with van der Waals surface area (Å²) in [6.45, 7) is 0.428. The highest BCUT2D eigenvalue weighted by atomic mass is 15.0. The van der Waals surface area contributed by atoms with Gasteiger partial charge in [0.15, 0.2) is 0 Å². The van der Waals surface area contributed by atoms with E-state index in [1.807, 2.05) is 6.07 Å². The van der Waals surface area contributed by atoms with Gasteiger partial charge in [-0.15, -0.1) is 0 Å². The fourth-order valence-electron chi connectivity index (χ4n) is 5.38. The summed E-state index contributed by atoms with van der Waals surface area (Å²) in [4.78, 5) is 3.54. The molecule has 0 radical (unpaired) electrons. The monoisotopic (exact) mass is 452 g/mol. The summed E-state index contributed by atoms with van der Waals surface area (Å²) in [5, 5.41) is 8.57. The predicted molar refractivity (Wildman–Crippen MR) is 148 cm³/mol. The molecule has 168 valence electrons. The summed E-state index contributed by atoms with van der Waals surface area (Å²) >= 11 is 0. The Bertz CT molecular complexity index is 1860. The first-order valence-electron chi connectivity index (χ1n) is 11.9. The second-order valence-electron chi connectivity index (χ2n) is 8.94. The molecule has 0 saturated heterocycles. The summed E-state index contributed by atoms with van der Waals surface area (Å²) < 4.78 is 2.33. The van der Waals surface area contributed by atoms with E-state index in [2.05, 4.69) is 118 Å². The minimum absolute atomic E-state index is 0.428. The molecule has 0 aliphatic heterocycles. The van der Waals surface area contributed by atoms with E-state index in [0.717, 1.165) is 39.2 Å². The molecule has 0 atom stereocenters. The van der Waals surface area contributed by atoms with E-state index in [-0.39, 0.29) is 0 Å². The van der Waals surface area contributed by atoms with Crippen LogP contribution in [0.4, 0.5) is 11.4 Å². The van der Waals surface area contributed by atoms with Crippen molar-refractivity contribution >= 4 is 55.0 Å². The zero-order valence-electron chi connectivity index (χ0n) is 19.1. The SMILES string of the molecule is NCc1c(Nc2ccc3c(c2)[nH]c2ccccc23)ccc2c3ccccc3n(-c3ccccc3)c12. The van der Waals surface area contributed by atoms with Crippen molar-refractivity contribution in [1.82, 2.24) is 9.55 Å². The van der Waals surface area contributed by atoms with Crippen molar-refractivity contribution in [3.63, 3.8) is 0 Å². The number of aromatic nitrogens is 2. The molecule has 4 nitrogen and oxygen atoms in total. The van der Waals surface area contributed by atoms with Crippen LogP contribution in [0.3, 0.4) is 0 Å². The van der Waals surface area contributed by atoms with Crippen LogP contribution in [0, 0.1) is 0 Å². The van der Waals surface area contributed by atoms with E-state index in [0.29, 0.717) is 6.54 Å². The Morgan fingerprint density at radius 3 is 2.23 bits per heavy atom. The number of H-pyrrole nitrogens is 1. The van der Waals surface area contributed by atoms with Gasteiger partial charge in [0.1, 0.15) is 0 Å². The van der Waals surface area contributed by atoms with Gasteiger partial charge in [0, 0.05) is 61.7 Å². The molecule has 0 aliphatic rings. The average molecular weight is 453 g/mol. The Balaban J connectivity index is 1.43. The molecule has 5 aromatic carbocycles. The molecule has 0 spiro atoms. The quantitative estimate of drug-likeness (QED) is 0.257. The number of hydrogen-bond donors (Lipinski definition) is 3. The lowest BCUT2D eigenvalue weighted by Crippen LogP contribution is -2.05. The standard InChI is InChI=1S/C31H24N4/c32-19-26-28(33-20-14-15-23-22-10-4-6-12-27(22)34-29(23)18-20)17-16-25-24-11-5-7-13-30(24)35(31(25)26)21-8-2-1-3-9-21/h1-18,33-34H,19,32H2. The Morgan fingerprint density at radius 1 is 0.657 bits per heavy atom. The number of rotatable bonds is 4. The smallest absolute Gasteiger partial charge is 0.0606 e. The van der Waals surface area contributed by atoms with Crippen molar-refractivity contribution in [2.75, 3.05) is 5.32 Å². The Morgan fingerprint density at radius 2 is 1.37 bits per heavy atom. The molecule has 35 heavy (non-hydrogen) atoms. The third-order valence-corrected chi connectivity index (χ3v) is 6.95. The van der Waals surface area contributed by atoms with Crippen molar-refractivity contribution in [3.8, 4) is 5.69 Å². The van der Waals surface area contributed by atoms with Gasteiger partial charge >= 0.3 is 0 Å². The molecule has 4 N–H and O–H groups in total. The zero-order chi connectivity index (χ0) is 23.4. The van der Waals surface area contributed by atoms with Crippen LogP contribution in [0.1, 0.15) is 5.56 Å². The fraction of sp³-hybridized carbons (Fsp3) is 0.0323. The van der Waals surface area contributed by atoms with E-state index >= 15 is 0 Å². The van der Waals surface area contributed by atoms with Crippen molar-refractivity contribution in [2.45, 2.75) is 6.54 Å². The number of nitrogens with zero attached hydrogens (tertiary/aromatic N) is 1. The third-order valence-electron chi connectivity index (χ3n) is 6.95. The lowest BCUT2D eigenvalue weighted by atomic mass is 10.1. The highest BCUT2D eigenvalue weighted by molar-refractivity contribution is 6.12. The van der Waals surface area contributed by atoms with Crippen molar-refractivity contribution in [1.29, 1.82) is 0 Å². The van der Waals surface area contributed by atoms with Crippen LogP contribution in [0.5, 0.6) is 0 Å². The fourth-order valence-corrected chi connectivity index (χ4v) is 5.38. The van der Waals surface area contributed by atoms with E-state index in [1.165, 1.54) is 27.1 Å². The van der Waals surface area contributed by atoms with Gasteiger partial charge in [-0.25, -0.2) is 0 Å². The number of nitrogens with two attached hydrogens (primary N) is 1. The molecule has 0 aliphatic carbocycles. The van der Waals surface area contributed by atoms with Gasteiger partial charge in [0.2, 0.25) is 0 Å². The largest absolute Gasteiger partial charge is 0.355 e. The number of nitrogens with one attached hydrogen (secondary N) is 2. The minimum atomic E-state index is 0.428. The molecule has 2 aromatic heterocycles. The van der Waals surface area contributed by atoms with E-state index in [9.17, 15) is 0 Å². The highest BCUT2D eigenvalue weighted by Crippen LogP contribution is 2.38. The number of benzene rings is 5. The van der Waals surface area contributed by atoms with Crippen LogP contribution >= 0.6 is 0 Å². The first-order chi connectivity index (χ1) is 17.3. The van der Waals surface area contributed by atoms with E-state index in [4.69, 9.17) is 5.73 Å². The second kappa shape index (κ2) is 7.76. The zero-order valence-corrected chi connectivity index (χ0v) is 19.1. The van der Waals surface area contributed by atoms with Crippen LogP contribution in [0.25, 0.3) is 49.3 Å². The lowest BCUT2D eigenvalue weighted by Gasteiger charge is -2.15. The van der Waals surface area contributed by atoms with Gasteiger partial charge in [-0.3, -0.25) is 0 Å². The molecule has 0 amide bonds. The average Bonchev–Trinajstić information content (AvgIpc) is 3.44. The molecule has 0 bridgehead atoms. The number of anilines is 2. The third kappa shape index (κ3) is 3.04. The molecule has 7 aromatic rings. The lowest BCUT2D eigenvalue weighted by molar-refractivity contribution is 1.06. The number of aromatic amines is 1. The van der Waals surface area contributed by atoms with Crippen molar-refractivity contribution < 1.29 is 0 Å². The topological polar surface area (TPSA) is 58.8 Å². The van der Waals surface area contributed by atoms with Crippen LogP contribution in [-0.4, -0.2) is 9.55 Å². The first-order valence-corrected chi connectivity index (χ1v) is 11.9. The van der Waals surface area contributed by atoms with Gasteiger partial charge in [-0.2, -0.15) is 0 Å². The Hall–Kier alpha value is -4.54. The Kier molecular flexibility index (Phi) is 4.41. The summed E-state index contributed by atoms with van der Waals surface area (Å²) in [5.74, 6) is 0. The van der Waals surface area contributed by atoms with Crippen molar-refractivity contribution in [3.05, 3.63) is 115 Å². The maximum absolute atomic E-state index is 6.42. The molecule has 2 heterocycles. The normalized spacial score (nSPS) is 11.7. The number of fused-ring (bicyclic) bond motifs is 6. The Labute approximate surface area is 202 Å². The minimum Gasteiger partial charge on any atom is -0.355 e. The molecule has 0 fully saturated rings. The predicted octanol–water partition coefficient (Wildman–Crippen LogP) is 7.62. The van der Waals surface area contributed by atoms with Crippen LogP contribution in [-0.2, 0) is 6.54 Å². The molecule has 0 saturated carbocycles. The van der Waals surface area contributed by atoms with Gasteiger partial charge < -0.3 is 20.6 Å².